The normalized spacial score (nSPS) is 11.3. The Hall–Kier alpha value is -3.78. The van der Waals surface area contributed by atoms with Crippen molar-refractivity contribution in [2.45, 2.75) is 67.2 Å². The minimum atomic E-state index is -0.826. The fourth-order valence-corrected chi connectivity index (χ4v) is 9.33. The summed E-state index contributed by atoms with van der Waals surface area (Å²) in [5.74, 6) is 1.34. The molecule has 8 aromatic carbocycles. The maximum Gasteiger partial charge on any atom is 0.0920 e. The number of aryl methyl sites for hydroxylation is 2. The molecule has 1 aliphatic heterocycles. The van der Waals surface area contributed by atoms with E-state index in [1.165, 1.54) is 87.6 Å². The van der Waals surface area contributed by atoms with Gasteiger partial charge in [0, 0.05) is 0 Å². The van der Waals surface area contributed by atoms with Crippen molar-refractivity contribution in [1.82, 2.24) is 0 Å². The van der Waals surface area contributed by atoms with Crippen LogP contribution in [0.1, 0.15) is 63.8 Å². The van der Waals surface area contributed by atoms with Crippen molar-refractivity contribution >= 4 is 58.5 Å². The average molecular weight is 892 g/mol. The first-order valence-electron chi connectivity index (χ1n) is 20.6. The molecule has 0 amide bonds. The van der Waals surface area contributed by atoms with E-state index in [2.05, 4.69) is 193 Å². The largest absolute Gasteiger partial charge is 0.184 e. The Balaban J connectivity index is 0.000000145. The summed E-state index contributed by atoms with van der Waals surface area (Å²) in [5.41, 5.74) is 14.1. The molecular weight excluding hydrogens is 839 g/mol. The zero-order valence-electron chi connectivity index (χ0n) is 34.7. The van der Waals surface area contributed by atoms with Crippen LogP contribution in [0.25, 0.3) is 54.9 Å². The van der Waals surface area contributed by atoms with Gasteiger partial charge in [-0.05, 0) is 48.6 Å². The van der Waals surface area contributed by atoms with Crippen LogP contribution in [0.3, 0.4) is 0 Å². The van der Waals surface area contributed by atoms with Gasteiger partial charge >= 0.3 is 37.9 Å². The molecule has 9 rings (SSSR count). The van der Waals surface area contributed by atoms with Crippen molar-refractivity contribution in [3.63, 3.8) is 0 Å². The number of fused-ring (bicyclic) bond motifs is 5. The Morgan fingerprint density at radius 2 is 1.02 bits per heavy atom. The number of halogens is 2. The van der Waals surface area contributed by atoms with Gasteiger partial charge in [-0.3, -0.25) is 0 Å². The van der Waals surface area contributed by atoms with Gasteiger partial charge in [0.05, 0.1) is 9.52 Å². The Kier molecular flexibility index (Phi) is 16.2. The first-order chi connectivity index (χ1) is 28.2. The van der Waals surface area contributed by atoms with Crippen molar-refractivity contribution in [3.05, 3.63) is 180 Å². The first-order valence-corrected chi connectivity index (χ1v) is 27.9. The molecule has 0 nitrogen and oxygen atoms in total. The Morgan fingerprint density at radius 1 is 0.569 bits per heavy atom. The molecule has 1 aliphatic rings. The summed E-state index contributed by atoms with van der Waals surface area (Å²) in [7, 11) is 10.7. The molecule has 0 aliphatic carbocycles. The third-order valence-electron chi connectivity index (χ3n) is 10.6. The van der Waals surface area contributed by atoms with Gasteiger partial charge in [-0.1, -0.05) is 159 Å². The van der Waals surface area contributed by atoms with Gasteiger partial charge in [0.2, 0.25) is 0 Å². The Morgan fingerprint density at radius 3 is 1.48 bits per heavy atom. The molecule has 0 atom stereocenters. The zero-order valence-corrected chi connectivity index (χ0v) is 39.6. The van der Waals surface area contributed by atoms with Gasteiger partial charge in [-0.15, -0.1) is 74.6 Å². The van der Waals surface area contributed by atoms with E-state index in [4.69, 9.17) is 17.0 Å². The molecule has 4 heteroatoms. The number of benzene rings is 6. The van der Waals surface area contributed by atoms with Crippen molar-refractivity contribution in [1.29, 1.82) is 0 Å². The van der Waals surface area contributed by atoms with Gasteiger partial charge < -0.3 is 0 Å². The standard InChI is InChI=1S/2C21H23.C12H7Si.2ClH.Zr/c2*1-4-16-13-18-10-11-19(12-15(2)3)21(20(18)14-16)17-8-6-5-7-9-17;1-3-7-11-9(5-1)10-6-2-4-8-12(10)13-11;;;/h2*5-11,13-15H,4,12H2,1-3H3;1-7H;2*1H;/q3*-1;;;+2/p-2. The molecule has 0 N–H and O–H groups in total. The molecule has 2 radical (unpaired) electrons. The zero-order chi connectivity index (χ0) is 41.0. The predicted molar refractivity (Wildman–Crippen MR) is 253 cm³/mol. The van der Waals surface area contributed by atoms with Crippen LogP contribution in [0.15, 0.2) is 152 Å². The molecule has 0 unspecified atom stereocenters. The predicted octanol–water partition coefficient (Wildman–Crippen LogP) is 14.5. The number of hydrogen-bond acceptors (Lipinski definition) is 0. The summed E-state index contributed by atoms with van der Waals surface area (Å²) in [6.45, 7) is 13.6. The summed E-state index contributed by atoms with van der Waals surface area (Å²) in [6.07, 6.45) is 4.46. The van der Waals surface area contributed by atoms with E-state index in [0.717, 1.165) is 35.2 Å². The van der Waals surface area contributed by atoms with E-state index in [1.54, 1.807) is 0 Å². The molecule has 0 saturated heterocycles. The maximum absolute atomic E-state index is 4.93. The van der Waals surface area contributed by atoms with E-state index in [0.29, 0.717) is 11.8 Å². The van der Waals surface area contributed by atoms with Gasteiger partial charge in [-0.2, -0.15) is 41.6 Å². The summed E-state index contributed by atoms with van der Waals surface area (Å²) in [4.78, 5) is 0. The summed E-state index contributed by atoms with van der Waals surface area (Å²) >= 11 is -0.826. The van der Waals surface area contributed by atoms with Crippen molar-refractivity contribution in [2.24, 2.45) is 11.8 Å². The summed E-state index contributed by atoms with van der Waals surface area (Å²) in [6, 6.07) is 58.5. The van der Waals surface area contributed by atoms with E-state index in [-0.39, 0.29) is 0 Å². The topological polar surface area (TPSA) is 0 Å². The smallest absolute Gasteiger partial charge is 0.0920 e. The van der Waals surface area contributed by atoms with Crippen LogP contribution in [0.5, 0.6) is 0 Å². The second kappa shape index (κ2) is 21.5. The monoisotopic (exact) mass is 889 g/mol. The third kappa shape index (κ3) is 10.9. The van der Waals surface area contributed by atoms with E-state index >= 15 is 0 Å². The van der Waals surface area contributed by atoms with Crippen LogP contribution in [0.4, 0.5) is 0 Å². The molecule has 8 aromatic rings. The van der Waals surface area contributed by atoms with Crippen molar-refractivity contribution < 1.29 is 20.8 Å². The van der Waals surface area contributed by atoms with Gasteiger partial charge in [0.15, 0.2) is 0 Å². The SMILES string of the molecule is CCc1cc2c(-c3ccccc3)c(CC(C)C)ccc2[cH-]1.CCc1cc2c(-c3ccccc3)c(CC(C)C)ccc2[cH-]1.[Cl][Zr][Cl].[c-]1cccc2c1[Si]c1ccccc1-2. The second-order valence-electron chi connectivity index (χ2n) is 15.8. The number of hydrogen-bond donors (Lipinski definition) is 0. The quantitative estimate of drug-likeness (QED) is 0.105. The van der Waals surface area contributed by atoms with E-state index < -0.39 is 20.8 Å². The molecule has 0 saturated carbocycles. The minimum Gasteiger partial charge on any atom is -0.184 e. The third-order valence-corrected chi connectivity index (χ3v) is 12.0. The molecule has 1 heterocycles. The van der Waals surface area contributed by atoms with Crippen molar-refractivity contribution in [3.8, 4) is 33.4 Å². The molecule has 294 valence electrons. The van der Waals surface area contributed by atoms with Crippen LogP contribution in [0, 0.1) is 17.9 Å². The van der Waals surface area contributed by atoms with Crippen LogP contribution in [0.2, 0.25) is 0 Å². The van der Waals surface area contributed by atoms with E-state index in [1.807, 2.05) is 6.07 Å². The molecule has 0 bridgehead atoms. The fraction of sp³-hybridized carbons (Fsp3) is 0.222. The van der Waals surface area contributed by atoms with Crippen LogP contribution < -0.4 is 10.4 Å². The minimum absolute atomic E-state index is 0.672. The number of rotatable bonds is 8. The van der Waals surface area contributed by atoms with Gasteiger partial charge in [-0.25, -0.2) is 0 Å². The van der Waals surface area contributed by atoms with Crippen LogP contribution in [-0.4, -0.2) is 9.52 Å². The van der Waals surface area contributed by atoms with Gasteiger partial charge in [0.1, 0.15) is 0 Å². The van der Waals surface area contributed by atoms with Crippen molar-refractivity contribution in [2.75, 3.05) is 0 Å². The fourth-order valence-electron chi connectivity index (χ4n) is 8.02. The van der Waals surface area contributed by atoms with E-state index in [9.17, 15) is 0 Å². The molecule has 0 spiro atoms. The molecule has 58 heavy (non-hydrogen) atoms. The maximum atomic E-state index is 4.93. The second-order valence-corrected chi connectivity index (χ2v) is 20.8. The van der Waals surface area contributed by atoms with Crippen LogP contribution in [-0.2, 0) is 46.5 Å². The summed E-state index contributed by atoms with van der Waals surface area (Å²) < 4.78 is 0. The molecule has 0 aromatic heterocycles. The Bertz CT molecular complexity index is 2330. The van der Waals surface area contributed by atoms with Crippen LogP contribution >= 0.6 is 17.0 Å². The molecular formula is C54H53Cl2SiZr-3. The Labute approximate surface area is 368 Å². The van der Waals surface area contributed by atoms with Gasteiger partial charge in [0.25, 0.3) is 0 Å². The average Bonchev–Trinajstić information content (AvgIpc) is 3.97. The molecule has 0 fully saturated rings. The summed E-state index contributed by atoms with van der Waals surface area (Å²) in [5, 5.41) is 8.40. The first kappa shape index (κ1) is 43.8.